The van der Waals surface area contributed by atoms with Crippen LogP contribution in [0, 0.1) is 0 Å². The number of aromatic nitrogens is 1. The maximum absolute atomic E-state index is 12.1. The molecule has 0 saturated heterocycles. The van der Waals surface area contributed by atoms with E-state index in [2.05, 4.69) is 10.3 Å². The van der Waals surface area contributed by atoms with Gasteiger partial charge >= 0.3 is 0 Å². The number of halogens is 1. The van der Waals surface area contributed by atoms with E-state index >= 15 is 0 Å². The summed E-state index contributed by atoms with van der Waals surface area (Å²) in [5.74, 6) is -0.144. The minimum atomic E-state index is -0.289. The largest absolute Gasteiger partial charge is 0.397 e. The van der Waals surface area contributed by atoms with E-state index in [9.17, 15) is 4.79 Å². The highest BCUT2D eigenvalue weighted by atomic mass is 35.5. The Kier molecular flexibility index (Phi) is 4.87. The molecule has 0 radical (unpaired) electrons. The molecule has 1 amide bonds. The van der Waals surface area contributed by atoms with E-state index in [4.69, 9.17) is 17.3 Å². The molecule has 2 aromatic rings. The molecule has 0 aliphatic heterocycles. The predicted molar refractivity (Wildman–Crippen MR) is 84.1 cm³/mol. The van der Waals surface area contributed by atoms with Crippen LogP contribution >= 0.6 is 23.4 Å². The summed E-state index contributed by atoms with van der Waals surface area (Å²) in [5.41, 5.74) is 6.81. The number of carbonyl (C=O) groups is 1. The Morgan fingerprint density at radius 2 is 2.20 bits per heavy atom. The van der Waals surface area contributed by atoms with Gasteiger partial charge in [-0.3, -0.25) is 4.79 Å². The third-order valence-electron chi connectivity index (χ3n) is 2.58. The van der Waals surface area contributed by atoms with Gasteiger partial charge in [-0.1, -0.05) is 29.4 Å². The summed E-state index contributed by atoms with van der Waals surface area (Å²) in [6.45, 7) is 1.81. The Bertz CT molecular complexity index is 607. The van der Waals surface area contributed by atoms with Gasteiger partial charge in [-0.05, 0) is 37.3 Å². The molecule has 0 aliphatic rings. The zero-order valence-electron chi connectivity index (χ0n) is 10.8. The van der Waals surface area contributed by atoms with Crippen molar-refractivity contribution in [1.82, 2.24) is 4.98 Å². The predicted octanol–water partition coefficient (Wildman–Crippen LogP) is 3.44. The molecule has 0 fully saturated rings. The van der Waals surface area contributed by atoms with Crippen molar-refractivity contribution < 1.29 is 4.79 Å². The van der Waals surface area contributed by atoms with Crippen LogP contribution in [-0.2, 0) is 4.79 Å². The van der Waals surface area contributed by atoms with Crippen molar-refractivity contribution in [3.8, 4) is 0 Å². The van der Waals surface area contributed by atoms with E-state index in [-0.39, 0.29) is 11.2 Å². The van der Waals surface area contributed by atoms with Crippen LogP contribution in [0.25, 0.3) is 0 Å². The first kappa shape index (κ1) is 14.7. The van der Waals surface area contributed by atoms with Crippen LogP contribution in [0.5, 0.6) is 0 Å². The topological polar surface area (TPSA) is 68.0 Å². The molecule has 104 valence electrons. The molecule has 1 atom stereocenters. The van der Waals surface area contributed by atoms with E-state index in [0.29, 0.717) is 16.4 Å². The third kappa shape index (κ3) is 3.88. The first-order valence-corrected chi connectivity index (χ1v) is 7.25. The number of nitrogens with zero attached hydrogens (tertiary/aromatic N) is 1. The number of amides is 1. The molecule has 1 heterocycles. The lowest BCUT2D eigenvalue weighted by molar-refractivity contribution is -0.115. The zero-order chi connectivity index (χ0) is 14.5. The summed E-state index contributed by atoms with van der Waals surface area (Å²) < 4.78 is 0. The first-order chi connectivity index (χ1) is 9.56. The van der Waals surface area contributed by atoms with Gasteiger partial charge in [-0.25, -0.2) is 4.98 Å². The second-order valence-electron chi connectivity index (χ2n) is 4.15. The Hall–Kier alpha value is -1.72. The first-order valence-electron chi connectivity index (χ1n) is 6.00. The fraction of sp³-hybridized carbons (Fsp3) is 0.143. The summed E-state index contributed by atoms with van der Waals surface area (Å²) in [4.78, 5) is 16.3. The third-order valence-corrected chi connectivity index (χ3v) is 3.86. The fourth-order valence-corrected chi connectivity index (χ4v) is 2.50. The van der Waals surface area contributed by atoms with Crippen molar-refractivity contribution in [2.75, 3.05) is 11.1 Å². The molecule has 20 heavy (non-hydrogen) atoms. The lowest BCUT2D eigenvalue weighted by Crippen LogP contribution is -2.23. The molecule has 0 bridgehead atoms. The minimum absolute atomic E-state index is 0.144. The van der Waals surface area contributed by atoms with Crippen molar-refractivity contribution in [2.45, 2.75) is 17.2 Å². The van der Waals surface area contributed by atoms with Gasteiger partial charge in [-0.15, -0.1) is 0 Å². The summed E-state index contributed by atoms with van der Waals surface area (Å²) in [5, 5.41) is 3.81. The summed E-state index contributed by atoms with van der Waals surface area (Å²) in [6, 6.07) is 10.6. The molecule has 1 unspecified atom stereocenters. The van der Waals surface area contributed by atoms with E-state index < -0.39 is 0 Å². The summed E-state index contributed by atoms with van der Waals surface area (Å²) in [7, 11) is 0. The van der Waals surface area contributed by atoms with Crippen molar-refractivity contribution in [2.24, 2.45) is 0 Å². The van der Waals surface area contributed by atoms with Crippen molar-refractivity contribution >= 4 is 40.6 Å². The number of hydrogen-bond donors (Lipinski definition) is 2. The normalized spacial score (nSPS) is 11.9. The van der Waals surface area contributed by atoms with Crippen LogP contribution in [0.15, 0.2) is 47.6 Å². The maximum Gasteiger partial charge on any atom is 0.237 e. The van der Waals surface area contributed by atoms with Gasteiger partial charge in [0.05, 0.1) is 21.7 Å². The van der Waals surface area contributed by atoms with Gasteiger partial charge in [0, 0.05) is 11.2 Å². The standard InChI is InChI=1S/C14H14ClN3OS/c1-9(20-13-4-2-3-7-17-13)14(19)18-12-8-10(15)5-6-11(12)16/h2-9H,16H2,1H3,(H,18,19). The van der Waals surface area contributed by atoms with E-state index in [1.54, 1.807) is 24.4 Å². The molecule has 1 aromatic carbocycles. The van der Waals surface area contributed by atoms with Gasteiger partial charge in [0.25, 0.3) is 0 Å². The Balaban J connectivity index is 2.02. The number of nitrogen functional groups attached to an aromatic ring is 1. The smallest absolute Gasteiger partial charge is 0.237 e. The minimum Gasteiger partial charge on any atom is -0.397 e. The van der Waals surface area contributed by atoms with Gasteiger partial charge in [0.15, 0.2) is 0 Å². The Labute approximate surface area is 126 Å². The van der Waals surface area contributed by atoms with Crippen LogP contribution in [0.2, 0.25) is 5.02 Å². The lowest BCUT2D eigenvalue weighted by atomic mass is 10.2. The molecular weight excluding hydrogens is 294 g/mol. The SMILES string of the molecule is CC(Sc1ccccn1)C(=O)Nc1cc(Cl)ccc1N. The molecule has 0 aliphatic carbocycles. The molecule has 0 saturated carbocycles. The molecule has 3 N–H and O–H groups in total. The number of carbonyl (C=O) groups excluding carboxylic acids is 1. The van der Waals surface area contributed by atoms with E-state index in [1.165, 1.54) is 11.8 Å². The average molecular weight is 308 g/mol. The summed E-state index contributed by atoms with van der Waals surface area (Å²) in [6.07, 6.45) is 1.70. The van der Waals surface area contributed by atoms with Crippen LogP contribution in [0.4, 0.5) is 11.4 Å². The Morgan fingerprint density at radius 3 is 2.90 bits per heavy atom. The van der Waals surface area contributed by atoms with Gasteiger partial charge in [-0.2, -0.15) is 0 Å². The average Bonchev–Trinajstić information content (AvgIpc) is 2.44. The second-order valence-corrected chi connectivity index (χ2v) is 5.95. The number of anilines is 2. The highest BCUT2D eigenvalue weighted by molar-refractivity contribution is 8.00. The van der Waals surface area contributed by atoms with Crippen LogP contribution < -0.4 is 11.1 Å². The highest BCUT2D eigenvalue weighted by Gasteiger charge is 2.16. The number of pyridine rings is 1. The number of nitrogens with two attached hydrogens (primary N) is 1. The summed E-state index contributed by atoms with van der Waals surface area (Å²) >= 11 is 7.27. The molecule has 2 rings (SSSR count). The monoisotopic (exact) mass is 307 g/mol. The number of nitrogens with one attached hydrogen (secondary N) is 1. The van der Waals surface area contributed by atoms with Crippen LogP contribution in [0.1, 0.15) is 6.92 Å². The van der Waals surface area contributed by atoms with Gasteiger partial charge < -0.3 is 11.1 Å². The number of thioether (sulfide) groups is 1. The molecular formula is C14H14ClN3OS. The quantitative estimate of drug-likeness (QED) is 0.670. The number of hydrogen-bond acceptors (Lipinski definition) is 4. The van der Waals surface area contributed by atoms with Gasteiger partial charge in [0.1, 0.15) is 0 Å². The Morgan fingerprint density at radius 1 is 1.40 bits per heavy atom. The maximum atomic E-state index is 12.1. The van der Waals surface area contributed by atoms with Crippen molar-refractivity contribution in [3.05, 3.63) is 47.6 Å². The number of benzene rings is 1. The number of rotatable bonds is 4. The second kappa shape index (κ2) is 6.63. The molecule has 0 spiro atoms. The molecule has 4 nitrogen and oxygen atoms in total. The van der Waals surface area contributed by atoms with Gasteiger partial charge in [0.2, 0.25) is 5.91 Å². The molecule has 1 aromatic heterocycles. The van der Waals surface area contributed by atoms with Crippen molar-refractivity contribution in [1.29, 1.82) is 0 Å². The van der Waals surface area contributed by atoms with Crippen LogP contribution in [0.3, 0.4) is 0 Å². The zero-order valence-corrected chi connectivity index (χ0v) is 12.4. The van der Waals surface area contributed by atoms with E-state index in [0.717, 1.165) is 5.03 Å². The molecule has 6 heteroatoms. The fourth-order valence-electron chi connectivity index (χ4n) is 1.52. The van der Waals surface area contributed by atoms with E-state index in [1.807, 2.05) is 25.1 Å². The van der Waals surface area contributed by atoms with Crippen molar-refractivity contribution in [3.63, 3.8) is 0 Å². The lowest BCUT2D eigenvalue weighted by Gasteiger charge is -2.13. The highest BCUT2D eigenvalue weighted by Crippen LogP contribution is 2.25. The van der Waals surface area contributed by atoms with Crippen LogP contribution in [-0.4, -0.2) is 16.1 Å².